The SMILES string of the molecule is CCOC(=O)C1=C(COC(=O)c2ccc(N3CCCC3=O)cc2)NC(=O)N[C@H]1c1ccccc1. The molecule has 0 aliphatic carbocycles. The number of carbonyl (C=O) groups is 4. The number of hydrogen-bond acceptors (Lipinski definition) is 6. The molecule has 2 aromatic rings. The number of urea groups is 1. The Hall–Kier alpha value is -4.14. The average molecular weight is 463 g/mol. The van der Waals surface area contributed by atoms with Crippen molar-refractivity contribution in [2.24, 2.45) is 0 Å². The highest BCUT2D eigenvalue weighted by Gasteiger charge is 2.34. The van der Waals surface area contributed by atoms with Gasteiger partial charge in [0.15, 0.2) is 0 Å². The quantitative estimate of drug-likeness (QED) is 0.611. The van der Waals surface area contributed by atoms with Gasteiger partial charge in [-0.3, -0.25) is 4.79 Å². The van der Waals surface area contributed by atoms with E-state index in [0.717, 1.165) is 12.1 Å². The van der Waals surface area contributed by atoms with Crippen molar-refractivity contribution in [2.75, 3.05) is 24.7 Å². The van der Waals surface area contributed by atoms with Crippen molar-refractivity contribution in [1.29, 1.82) is 0 Å². The molecule has 176 valence electrons. The molecule has 2 N–H and O–H groups in total. The minimum Gasteiger partial charge on any atom is -0.463 e. The van der Waals surface area contributed by atoms with E-state index in [-0.39, 0.29) is 36.0 Å². The van der Waals surface area contributed by atoms with Crippen molar-refractivity contribution in [2.45, 2.75) is 25.8 Å². The first kappa shape index (κ1) is 23.0. The molecule has 0 radical (unpaired) electrons. The van der Waals surface area contributed by atoms with Gasteiger partial charge in [0.1, 0.15) is 6.61 Å². The zero-order valence-electron chi connectivity index (χ0n) is 18.7. The minimum atomic E-state index is -0.750. The van der Waals surface area contributed by atoms with Crippen LogP contribution in [0.5, 0.6) is 0 Å². The smallest absolute Gasteiger partial charge is 0.338 e. The Labute approximate surface area is 196 Å². The largest absolute Gasteiger partial charge is 0.463 e. The van der Waals surface area contributed by atoms with E-state index in [1.807, 2.05) is 6.07 Å². The van der Waals surface area contributed by atoms with Crippen molar-refractivity contribution in [3.05, 3.63) is 77.0 Å². The van der Waals surface area contributed by atoms with Crippen LogP contribution in [0.25, 0.3) is 0 Å². The van der Waals surface area contributed by atoms with Crippen LogP contribution in [-0.2, 0) is 19.1 Å². The number of rotatable bonds is 7. The minimum absolute atomic E-state index is 0.0587. The molecule has 1 fully saturated rings. The molecule has 0 unspecified atom stereocenters. The lowest BCUT2D eigenvalue weighted by Crippen LogP contribution is -2.47. The highest BCUT2D eigenvalue weighted by Crippen LogP contribution is 2.28. The third-order valence-corrected chi connectivity index (χ3v) is 5.62. The molecular weight excluding hydrogens is 438 g/mol. The summed E-state index contributed by atoms with van der Waals surface area (Å²) in [5, 5.41) is 5.30. The summed E-state index contributed by atoms with van der Waals surface area (Å²) < 4.78 is 10.6. The van der Waals surface area contributed by atoms with Crippen LogP contribution in [0.4, 0.5) is 10.5 Å². The number of ether oxygens (including phenoxy) is 2. The monoisotopic (exact) mass is 463 g/mol. The van der Waals surface area contributed by atoms with E-state index in [1.54, 1.807) is 60.4 Å². The van der Waals surface area contributed by atoms with E-state index in [1.165, 1.54) is 0 Å². The molecule has 0 saturated carbocycles. The van der Waals surface area contributed by atoms with Crippen LogP contribution < -0.4 is 15.5 Å². The molecule has 34 heavy (non-hydrogen) atoms. The van der Waals surface area contributed by atoms with Crippen molar-refractivity contribution in [1.82, 2.24) is 10.6 Å². The molecule has 9 nitrogen and oxygen atoms in total. The lowest BCUT2D eigenvalue weighted by atomic mass is 9.95. The lowest BCUT2D eigenvalue weighted by Gasteiger charge is -2.29. The molecule has 4 rings (SSSR count). The predicted octanol–water partition coefficient (Wildman–Crippen LogP) is 2.84. The van der Waals surface area contributed by atoms with Gasteiger partial charge in [0.25, 0.3) is 0 Å². The van der Waals surface area contributed by atoms with Gasteiger partial charge in [-0.25, -0.2) is 14.4 Å². The number of hydrogen-bond donors (Lipinski definition) is 2. The van der Waals surface area contributed by atoms with Crippen LogP contribution in [0, 0.1) is 0 Å². The highest BCUT2D eigenvalue weighted by atomic mass is 16.5. The fourth-order valence-corrected chi connectivity index (χ4v) is 4.00. The maximum atomic E-state index is 12.8. The first-order valence-electron chi connectivity index (χ1n) is 11.1. The molecule has 1 atom stereocenters. The molecule has 1 saturated heterocycles. The van der Waals surface area contributed by atoms with Crippen LogP contribution in [0.2, 0.25) is 0 Å². The Kier molecular flexibility index (Phi) is 6.91. The normalized spacial score (nSPS) is 17.8. The Morgan fingerprint density at radius 1 is 1.00 bits per heavy atom. The number of benzene rings is 2. The molecule has 2 heterocycles. The molecule has 9 heteroatoms. The zero-order valence-corrected chi connectivity index (χ0v) is 18.7. The summed E-state index contributed by atoms with van der Waals surface area (Å²) >= 11 is 0. The number of carbonyl (C=O) groups excluding carboxylic acids is 4. The summed E-state index contributed by atoms with van der Waals surface area (Å²) in [6.07, 6.45) is 1.33. The van der Waals surface area contributed by atoms with E-state index >= 15 is 0 Å². The lowest BCUT2D eigenvalue weighted by molar-refractivity contribution is -0.139. The van der Waals surface area contributed by atoms with Gasteiger partial charge in [-0.1, -0.05) is 30.3 Å². The Morgan fingerprint density at radius 2 is 1.74 bits per heavy atom. The summed E-state index contributed by atoms with van der Waals surface area (Å²) in [6.45, 7) is 2.17. The molecule has 2 aromatic carbocycles. The van der Waals surface area contributed by atoms with Crippen molar-refractivity contribution in [3.8, 4) is 0 Å². The van der Waals surface area contributed by atoms with Gasteiger partial charge in [-0.2, -0.15) is 0 Å². The van der Waals surface area contributed by atoms with Crippen molar-refractivity contribution >= 4 is 29.6 Å². The number of nitrogens with zero attached hydrogens (tertiary/aromatic N) is 1. The molecule has 0 spiro atoms. The molecular formula is C25H25N3O6. The average Bonchev–Trinajstić information content (AvgIpc) is 3.28. The Bertz CT molecular complexity index is 1130. The standard InChI is InChI=1S/C25H25N3O6/c1-2-33-24(31)21-19(26-25(32)27-22(21)16-7-4-3-5-8-16)15-34-23(30)17-10-12-18(13-11-17)28-14-6-9-20(28)29/h3-5,7-8,10-13,22H,2,6,9,14-15H2,1H3,(H2,26,27,32)/t22-/m0/s1. The van der Waals surface area contributed by atoms with Gasteiger partial charge in [0, 0.05) is 18.7 Å². The van der Waals surface area contributed by atoms with Gasteiger partial charge in [0.2, 0.25) is 5.91 Å². The molecule has 0 aromatic heterocycles. The summed E-state index contributed by atoms with van der Waals surface area (Å²) in [4.78, 5) is 51.3. The number of anilines is 1. The van der Waals surface area contributed by atoms with Crippen molar-refractivity contribution in [3.63, 3.8) is 0 Å². The van der Waals surface area contributed by atoms with E-state index in [4.69, 9.17) is 9.47 Å². The van der Waals surface area contributed by atoms with Crippen LogP contribution in [0.3, 0.4) is 0 Å². The first-order chi connectivity index (χ1) is 16.5. The zero-order chi connectivity index (χ0) is 24.1. The maximum Gasteiger partial charge on any atom is 0.338 e. The maximum absolute atomic E-state index is 12.8. The van der Waals surface area contributed by atoms with Crippen molar-refractivity contribution < 1.29 is 28.7 Å². The summed E-state index contributed by atoms with van der Waals surface area (Å²) in [5.74, 6) is -1.18. The third-order valence-electron chi connectivity index (χ3n) is 5.62. The fourth-order valence-electron chi connectivity index (χ4n) is 4.00. The van der Waals surface area contributed by atoms with Crippen LogP contribution in [-0.4, -0.2) is 43.6 Å². The molecule has 2 aliphatic heterocycles. The van der Waals surface area contributed by atoms with Gasteiger partial charge in [-0.05, 0) is 43.2 Å². The van der Waals surface area contributed by atoms with E-state index in [0.29, 0.717) is 18.5 Å². The second-order valence-electron chi connectivity index (χ2n) is 7.83. The topological polar surface area (TPSA) is 114 Å². The number of amides is 3. The van der Waals surface area contributed by atoms with Gasteiger partial charge >= 0.3 is 18.0 Å². The van der Waals surface area contributed by atoms with E-state index in [9.17, 15) is 19.2 Å². The Morgan fingerprint density at radius 3 is 2.38 bits per heavy atom. The van der Waals surface area contributed by atoms with Crippen LogP contribution in [0.1, 0.15) is 41.7 Å². The first-order valence-corrected chi connectivity index (χ1v) is 11.1. The molecule has 3 amide bonds. The second-order valence-corrected chi connectivity index (χ2v) is 7.83. The predicted molar refractivity (Wildman–Crippen MR) is 123 cm³/mol. The number of esters is 2. The van der Waals surface area contributed by atoms with Gasteiger partial charge in [-0.15, -0.1) is 0 Å². The highest BCUT2D eigenvalue weighted by molar-refractivity contribution is 5.97. The fraction of sp³-hybridized carbons (Fsp3) is 0.280. The Balaban J connectivity index is 1.53. The summed E-state index contributed by atoms with van der Waals surface area (Å²) in [5.41, 5.74) is 2.03. The van der Waals surface area contributed by atoms with Gasteiger partial charge in [0.05, 0.1) is 29.5 Å². The molecule has 0 bridgehead atoms. The number of nitrogens with one attached hydrogen (secondary N) is 2. The molecule has 2 aliphatic rings. The van der Waals surface area contributed by atoms with Crippen LogP contribution in [0.15, 0.2) is 65.9 Å². The second kappa shape index (κ2) is 10.2. The summed E-state index contributed by atoms with van der Waals surface area (Å²) in [6, 6.07) is 14.3. The third kappa shape index (κ3) is 4.93. The van der Waals surface area contributed by atoms with Crippen LogP contribution >= 0.6 is 0 Å². The summed E-state index contributed by atoms with van der Waals surface area (Å²) in [7, 11) is 0. The van der Waals surface area contributed by atoms with Gasteiger partial charge < -0.3 is 25.0 Å². The van der Waals surface area contributed by atoms with E-state index in [2.05, 4.69) is 10.6 Å². The van der Waals surface area contributed by atoms with E-state index < -0.39 is 24.0 Å².